The number of aromatic nitrogens is 2. The number of anilines is 1. The molecule has 1 aromatic carbocycles. The number of likely N-dealkylation sites (tertiary alicyclic amines) is 1. The number of carbonyl (C=O) groups is 5. The minimum atomic E-state index is -1.79. The number of aromatic hydroxyl groups is 1. The molecule has 5 heterocycles. The molecule has 54 heavy (non-hydrogen) atoms. The van der Waals surface area contributed by atoms with Crippen molar-refractivity contribution in [3.63, 3.8) is 0 Å². The van der Waals surface area contributed by atoms with E-state index < -0.39 is 63.6 Å². The molecule has 0 spiro atoms. The lowest BCUT2D eigenvalue weighted by Gasteiger charge is -2.50. The normalized spacial score (nSPS) is 19.6. The minimum absolute atomic E-state index is 0.00340. The van der Waals surface area contributed by atoms with Gasteiger partial charge in [0, 0.05) is 42.2 Å². The molecule has 0 saturated carbocycles. The average Bonchev–Trinajstić information content (AvgIpc) is 3.77. The van der Waals surface area contributed by atoms with E-state index >= 15 is 0 Å². The van der Waals surface area contributed by atoms with Gasteiger partial charge in [-0.2, -0.15) is 0 Å². The Morgan fingerprint density at radius 3 is 2.54 bits per heavy atom. The van der Waals surface area contributed by atoms with E-state index in [1.807, 2.05) is 0 Å². The lowest BCUT2D eigenvalue weighted by molar-refractivity contribution is -0.911. The van der Waals surface area contributed by atoms with Gasteiger partial charge in [-0.15, -0.1) is 23.1 Å². The van der Waals surface area contributed by atoms with Gasteiger partial charge in [-0.3, -0.25) is 24.1 Å². The summed E-state index contributed by atoms with van der Waals surface area (Å²) in [5.74, 6) is -4.70. The number of carboxylic acids is 2. The van der Waals surface area contributed by atoms with Gasteiger partial charge < -0.3 is 45.6 Å². The van der Waals surface area contributed by atoms with E-state index in [0.717, 1.165) is 37.3 Å². The minimum Gasteiger partial charge on any atom is -0.503 e. The third-order valence-electron chi connectivity index (χ3n) is 9.74. The molecule has 6 rings (SSSR count). The lowest BCUT2D eigenvalue weighted by atomic mass is 10.0. The number of nitrogens with two attached hydrogens (primary N) is 1. The van der Waals surface area contributed by atoms with Crippen molar-refractivity contribution >= 4 is 74.5 Å². The third-order valence-corrected chi connectivity index (χ3v) is 11.8. The number of thioether (sulfide) groups is 1. The Morgan fingerprint density at radius 1 is 1.17 bits per heavy atom. The Balaban J connectivity index is 1.15. The molecule has 3 aromatic rings. The van der Waals surface area contributed by atoms with Crippen LogP contribution in [0.4, 0.5) is 5.13 Å². The van der Waals surface area contributed by atoms with Crippen LogP contribution in [0, 0.1) is 0 Å². The number of amides is 3. The van der Waals surface area contributed by atoms with Crippen molar-refractivity contribution in [1.29, 1.82) is 0 Å². The van der Waals surface area contributed by atoms with Gasteiger partial charge in [-0.25, -0.2) is 14.6 Å². The van der Waals surface area contributed by atoms with Crippen molar-refractivity contribution in [3.05, 3.63) is 62.5 Å². The highest BCUT2D eigenvalue weighted by Gasteiger charge is 2.55. The highest BCUT2D eigenvalue weighted by atomic mass is 32.2. The van der Waals surface area contributed by atoms with Gasteiger partial charge in [-0.1, -0.05) is 5.16 Å². The molecule has 0 aliphatic carbocycles. The number of carboxylic acid groups (broad SMARTS) is 2. The number of rotatable bonds is 13. The van der Waals surface area contributed by atoms with Crippen LogP contribution in [-0.2, 0) is 31.1 Å². The van der Waals surface area contributed by atoms with Crippen molar-refractivity contribution < 1.29 is 48.6 Å². The van der Waals surface area contributed by atoms with Crippen LogP contribution < -0.4 is 21.8 Å². The topological polar surface area (TPSA) is 256 Å². The SMILES string of the molecule is Cn1cc(O)c(=O)c2cc(C(=O)NCC[N+]3(CC4=C(C(=O)O)N5C(=O)[C@@H](NC(=O)/C(=N\OC(C)(C)C(=O)O)c6csc(N)n6)[C@H]5SC4)CCCC3)ccc21. The predicted molar refractivity (Wildman–Crippen MR) is 198 cm³/mol. The second-order valence-corrected chi connectivity index (χ2v) is 15.9. The zero-order valence-electron chi connectivity index (χ0n) is 29.5. The Labute approximate surface area is 315 Å². The number of thiazole rings is 1. The molecule has 2 saturated heterocycles. The molecule has 0 radical (unpaired) electrons. The van der Waals surface area contributed by atoms with Gasteiger partial charge in [0.15, 0.2) is 16.6 Å². The molecule has 2 fully saturated rings. The number of aryl methyl sites for hydroxylation is 1. The maximum absolute atomic E-state index is 13.5. The fraction of sp³-hybridized carbons (Fsp3) is 0.412. The first-order valence-corrected chi connectivity index (χ1v) is 18.8. The zero-order valence-corrected chi connectivity index (χ0v) is 31.2. The standard InChI is InChI=1S/C34H38N8O10S2/c1-34(2,32(50)51)52-39-23(20-16-54-33(35)37-20)28(46)38-24-29(47)41-25(31(48)49)18(15-53-30(24)41)14-42(9-4-5-10-42)11-8-36-27(45)17-6-7-21-19(12-17)26(44)22(43)13-40(21)3/h6-7,12-13,16,24,30H,4-5,8-11,14-15H2,1-3H3,(H6-,35,36,37,38,43,45,46,48,49,50,51)/p+1/b39-23-/t24-,30-/m1/s1. The highest BCUT2D eigenvalue weighted by Crippen LogP contribution is 2.41. The number of nitrogen functional groups attached to an aromatic ring is 1. The molecular weight excluding hydrogens is 745 g/mol. The maximum Gasteiger partial charge on any atom is 0.352 e. The number of β-lactam (4-membered cyclic amide) rings is 1. The van der Waals surface area contributed by atoms with E-state index in [0.29, 0.717) is 28.7 Å². The second kappa shape index (κ2) is 14.7. The fourth-order valence-corrected chi connectivity index (χ4v) is 8.69. The van der Waals surface area contributed by atoms with E-state index in [2.05, 4.69) is 20.8 Å². The second-order valence-electron chi connectivity index (χ2n) is 13.9. The number of benzene rings is 1. The van der Waals surface area contributed by atoms with E-state index in [4.69, 9.17) is 10.6 Å². The molecule has 2 aromatic heterocycles. The number of aliphatic carboxylic acids is 2. The molecule has 3 amide bonds. The first kappa shape index (κ1) is 38.3. The van der Waals surface area contributed by atoms with Crippen LogP contribution in [0.5, 0.6) is 5.75 Å². The van der Waals surface area contributed by atoms with Crippen LogP contribution in [0.15, 0.2) is 51.0 Å². The lowest BCUT2D eigenvalue weighted by Crippen LogP contribution is -2.71. The summed E-state index contributed by atoms with van der Waals surface area (Å²) >= 11 is 2.32. The summed E-state index contributed by atoms with van der Waals surface area (Å²) in [6.45, 7) is 5.04. The monoisotopic (exact) mass is 783 g/mol. The number of oxime groups is 1. The van der Waals surface area contributed by atoms with E-state index in [9.17, 15) is 44.1 Å². The molecule has 286 valence electrons. The van der Waals surface area contributed by atoms with Crippen molar-refractivity contribution in [1.82, 2.24) is 25.1 Å². The molecule has 0 unspecified atom stereocenters. The molecule has 2 atom stereocenters. The fourth-order valence-electron chi connectivity index (χ4n) is 6.81. The molecule has 0 bridgehead atoms. The largest absolute Gasteiger partial charge is 0.503 e. The summed E-state index contributed by atoms with van der Waals surface area (Å²) in [5.41, 5.74) is 4.20. The number of fused-ring (bicyclic) bond motifs is 2. The van der Waals surface area contributed by atoms with Crippen LogP contribution >= 0.6 is 23.1 Å². The number of nitrogens with zero attached hydrogens (tertiary/aromatic N) is 5. The first-order valence-electron chi connectivity index (χ1n) is 16.9. The maximum atomic E-state index is 13.5. The van der Waals surface area contributed by atoms with Crippen molar-refractivity contribution in [3.8, 4) is 5.75 Å². The zero-order chi connectivity index (χ0) is 39.1. The summed E-state index contributed by atoms with van der Waals surface area (Å²) in [6.07, 6.45) is 3.11. The van der Waals surface area contributed by atoms with Crippen LogP contribution in [0.1, 0.15) is 42.7 Å². The molecule has 7 N–H and O–H groups in total. The molecule has 3 aliphatic heterocycles. The van der Waals surface area contributed by atoms with Gasteiger partial charge in [0.05, 0.1) is 43.3 Å². The summed E-state index contributed by atoms with van der Waals surface area (Å²) in [5, 5.41) is 40.0. The summed E-state index contributed by atoms with van der Waals surface area (Å²) < 4.78 is 2.09. The van der Waals surface area contributed by atoms with Gasteiger partial charge in [0.25, 0.3) is 17.7 Å². The summed E-state index contributed by atoms with van der Waals surface area (Å²) in [7, 11) is 1.68. The van der Waals surface area contributed by atoms with Crippen LogP contribution in [0.25, 0.3) is 10.9 Å². The Kier molecular flexibility index (Phi) is 10.4. The number of hydrogen-bond donors (Lipinski definition) is 6. The summed E-state index contributed by atoms with van der Waals surface area (Å²) in [4.78, 5) is 87.2. The third kappa shape index (κ3) is 7.35. The number of quaternary nitrogens is 1. The van der Waals surface area contributed by atoms with Gasteiger partial charge >= 0.3 is 11.9 Å². The Morgan fingerprint density at radius 2 is 1.89 bits per heavy atom. The van der Waals surface area contributed by atoms with Crippen molar-refractivity contribution in [2.75, 3.05) is 44.2 Å². The first-order chi connectivity index (χ1) is 25.5. The molecular formula is C34H39N8O10S2+. The van der Waals surface area contributed by atoms with Gasteiger partial charge in [-0.05, 0) is 32.0 Å². The number of hydrogen-bond acceptors (Lipinski definition) is 13. The molecule has 3 aliphatic rings. The van der Waals surface area contributed by atoms with E-state index in [1.165, 1.54) is 48.2 Å². The number of pyridine rings is 1. The van der Waals surface area contributed by atoms with Gasteiger partial charge in [0.2, 0.25) is 11.0 Å². The Hall–Kier alpha value is -5.47. The number of nitrogens with one attached hydrogen (secondary N) is 2. The van der Waals surface area contributed by atoms with E-state index in [1.54, 1.807) is 23.7 Å². The highest BCUT2D eigenvalue weighted by molar-refractivity contribution is 8.00. The van der Waals surface area contributed by atoms with Crippen molar-refractivity contribution in [2.45, 2.75) is 43.7 Å². The van der Waals surface area contributed by atoms with Crippen molar-refractivity contribution in [2.24, 2.45) is 12.2 Å². The van der Waals surface area contributed by atoms with Crippen LogP contribution in [0.3, 0.4) is 0 Å². The smallest absolute Gasteiger partial charge is 0.352 e. The Bertz CT molecular complexity index is 2190. The van der Waals surface area contributed by atoms with Gasteiger partial charge in [0.1, 0.15) is 29.4 Å². The number of carbonyl (C=O) groups excluding carboxylic acids is 3. The van der Waals surface area contributed by atoms with Crippen LogP contribution in [0.2, 0.25) is 0 Å². The molecule has 20 heteroatoms. The van der Waals surface area contributed by atoms with Crippen LogP contribution in [-0.4, -0.2) is 125 Å². The predicted octanol–water partition coefficient (Wildman–Crippen LogP) is 0.646. The summed E-state index contributed by atoms with van der Waals surface area (Å²) in [6, 6.07) is 3.57. The molecule has 18 nitrogen and oxygen atoms in total. The average molecular weight is 784 g/mol. The quantitative estimate of drug-likeness (QED) is 0.0603. The van der Waals surface area contributed by atoms with E-state index in [-0.39, 0.29) is 39.8 Å².